The highest BCUT2D eigenvalue weighted by Gasteiger charge is 1.70. The first-order valence-corrected chi connectivity index (χ1v) is 5.11. The van der Waals surface area contributed by atoms with E-state index in [4.69, 9.17) is 0 Å². The maximum absolute atomic E-state index is 3.55. The molecule has 0 aromatic heterocycles. The van der Waals surface area contributed by atoms with Crippen molar-refractivity contribution >= 4 is 11.8 Å². The monoisotopic (exact) mass is 174 g/mol. The summed E-state index contributed by atoms with van der Waals surface area (Å²) in [6.45, 7) is 15.7. The average molecular weight is 174 g/mol. The first kappa shape index (κ1) is 17.1. The van der Waals surface area contributed by atoms with Gasteiger partial charge >= 0.3 is 0 Å². The van der Waals surface area contributed by atoms with Gasteiger partial charge in [0.05, 0.1) is 0 Å². The summed E-state index contributed by atoms with van der Waals surface area (Å²) < 4.78 is 0. The summed E-state index contributed by atoms with van der Waals surface area (Å²) in [5.74, 6) is 0. The molecular formula is C10H22S. The van der Waals surface area contributed by atoms with Crippen LogP contribution in [0, 0.1) is 0 Å². The van der Waals surface area contributed by atoms with Gasteiger partial charge in [0.15, 0.2) is 0 Å². The quantitative estimate of drug-likeness (QED) is 0.577. The maximum Gasteiger partial charge on any atom is -0.0262 e. The van der Waals surface area contributed by atoms with Gasteiger partial charge in [-0.3, -0.25) is 0 Å². The van der Waals surface area contributed by atoms with Crippen molar-refractivity contribution in [2.45, 2.75) is 41.5 Å². The minimum atomic E-state index is 1.32. The fourth-order valence-corrected chi connectivity index (χ4v) is 0.553. The van der Waals surface area contributed by atoms with Crippen LogP contribution in [0.5, 0.6) is 0 Å². The molecule has 68 valence electrons. The largest absolute Gasteiger partial charge is 0.107 e. The lowest BCUT2D eigenvalue weighted by molar-refractivity contribution is 1.42. The van der Waals surface area contributed by atoms with Gasteiger partial charge in [0, 0.05) is 0 Å². The van der Waals surface area contributed by atoms with Gasteiger partial charge in [0.25, 0.3) is 0 Å². The second kappa shape index (κ2) is 22.5. The lowest BCUT2D eigenvalue weighted by Gasteiger charge is -1.81. The van der Waals surface area contributed by atoms with Gasteiger partial charge in [0.1, 0.15) is 0 Å². The van der Waals surface area contributed by atoms with E-state index >= 15 is 0 Å². The van der Waals surface area contributed by atoms with Crippen molar-refractivity contribution in [2.24, 2.45) is 0 Å². The van der Waals surface area contributed by atoms with Gasteiger partial charge in [0.2, 0.25) is 0 Å². The Balaban J connectivity index is -0.000000138. The minimum Gasteiger partial charge on any atom is -0.107 e. The lowest BCUT2D eigenvalue weighted by atomic mass is 10.4. The zero-order valence-corrected chi connectivity index (χ0v) is 9.59. The molecule has 0 aromatic carbocycles. The van der Waals surface area contributed by atoms with Gasteiger partial charge in [-0.15, -0.1) is 11.8 Å². The zero-order valence-electron chi connectivity index (χ0n) is 8.77. The zero-order chi connectivity index (χ0) is 9.70. The molecule has 0 heterocycles. The molecule has 0 atom stereocenters. The van der Waals surface area contributed by atoms with E-state index in [9.17, 15) is 0 Å². The van der Waals surface area contributed by atoms with Crippen LogP contribution in [0.2, 0.25) is 0 Å². The molecule has 0 unspecified atom stereocenters. The smallest absolute Gasteiger partial charge is 0.0262 e. The molecule has 0 aliphatic rings. The summed E-state index contributed by atoms with van der Waals surface area (Å²) in [6.07, 6.45) is 0. The number of hydrogen-bond donors (Lipinski definition) is 0. The number of thioether (sulfide) groups is 1. The van der Waals surface area contributed by atoms with Crippen molar-refractivity contribution in [2.75, 3.05) is 0 Å². The summed E-state index contributed by atoms with van der Waals surface area (Å²) >= 11 is 1.62. The van der Waals surface area contributed by atoms with E-state index in [0.29, 0.717) is 0 Å². The van der Waals surface area contributed by atoms with E-state index in [0.717, 1.165) is 0 Å². The molecule has 0 aliphatic heterocycles. The van der Waals surface area contributed by atoms with Crippen LogP contribution in [0.3, 0.4) is 0 Å². The van der Waals surface area contributed by atoms with Crippen LogP contribution in [-0.2, 0) is 0 Å². The van der Waals surface area contributed by atoms with Crippen LogP contribution < -0.4 is 0 Å². The third-order valence-electron chi connectivity index (χ3n) is 0.400. The Labute approximate surface area is 76.8 Å². The molecule has 0 aliphatic carbocycles. The Bertz CT molecular complexity index is 78.9. The van der Waals surface area contributed by atoms with Crippen LogP contribution in [0.15, 0.2) is 23.0 Å². The molecule has 0 nitrogen and oxygen atoms in total. The summed E-state index contributed by atoms with van der Waals surface area (Å²) in [7, 11) is 0. The van der Waals surface area contributed by atoms with Crippen molar-refractivity contribution in [3.8, 4) is 0 Å². The number of rotatable bonds is 2. The summed E-state index contributed by atoms with van der Waals surface area (Å²) in [6, 6.07) is 0. The average Bonchev–Trinajstić information content (AvgIpc) is 2.08. The molecule has 0 saturated heterocycles. The van der Waals surface area contributed by atoms with Gasteiger partial charge in [-0.25, -0.2) is 0 Å². The maximum atomic E-state index is 3.55. The topological polar surface area (TPSA) is 0 Å². The van der Waals surface area contributed by atoms with Crippen molar-refractivity contribution in [1.82, 2.24) is 0 Å². The second-order valence-corrected chi connectivity index (χ2v) is 2.34. The van der Waals surface area contributed by atoms with Gasteiger partial charge in [-0.05, 0) is 24.7 Å². The molecule has 0 radical (unpaired) electrons. The molecule has 11 heavy (non-hydrogen) atoms. The molecule has 0 spiro atoms. The van der Waals surface area contributed by atoms with Crippen LogP contribution >= 0.6 is 11.8 Å². The van der Waals surface area contributed by atoms with E-state index in [2.05, 4.69) is 25.8 Å². The molecule has 0 saturated carbocycles. The highest BCUT2D eigenvalue weighted by Crippen LogP contribution is 2.04. The molecular weight excluding hydrogens is 152 g/mol. The van der Waals surface area contributed by atoms with Gasteiger partial charge < -0.3 is 0 Å². The predicted octanol–water partition coefficient (Wildman–Crippen LogP) is 4.84. The van der Waals surface area contributed by atoms with Crippen molar-refractivity contribution in [1.29, 1.82) is 0 Å². The van der Waals surface area contributed by atoms with Gasteiger partial charge in [-0.1, -0.05) is 39.8 Å². The Morgan fingerprint density at radius 1 is 1.09 bits per heavy atom. The Hall–Kier alpha value is -0.170. The Kier molecular flexibility index (Phi) is 35.0. The fourth-order valence-electron chi connectivity index (χ4n) is 0.184. The number of hydrogen-bond acceptors (Lipinski definition) is 1. The normalized spacial score (nSPS) is 6.00. The first-order valence-electron chi connectivity index (χ1n) is 4.17. The SMILES string of the molecule is C=CSC=C(C)C.CC.CC. The molecule has 1 heteroatoms. The molecule has 0 N–H and O–H groups in total. The number of allylic oxidation sites excluding steroid dienone is 1. The van der Waals surface area contributed by atoms with Gasteiger partial charge in [-0.2, -0.15) is 0 Å². The highest BCUT2D eigenvalue weighted by molar-refractivity contribution is 8.04. The van der Waals surface area contributed by atoms with Crippen LogP contribution in [0.25, 0.3) is 0 Å². The second-order valence-electron chi connectivity index (χ2n) is 1.50. The van der Waals surface area contributed by atoms with E-state index < -0.39 is 0 Å². The van der Waals surface area contributed by atoms with E-state index in [1.165, 1.54) is 5.57 Å². The molecule has 0 aromatic rings. The fraction of sp³-hybridized carbons (Fsp3) is 0.600. The molecule has 0 amide bonds. The molecule has 0 fully saturated rings. The van der Waals surface area contributed by atoms with E-state index in [1.807, 2.05) is 33.1 Å². The summed E-state index contributed by atoms with van der Waals surface area (Å²) in [4.78, 5) is 0. The van der Waals surface area contributed by atoms with Crippen LogP contribution in [0.1, 0.15) is 41.5 Å². The van der Waals surface area contributed by atoms with Crippen LogP contribution in [-0.4, -0.2) is 0 Å². The third-order valence-corrected chi connectivity index (χ3v) is 1.20. The van der Waals surface area contributed by atoms with Crippen molar-refractivity contribution in [3.05, 3.63) is 23.0 Å². The summed E-state index contributed by atoms with van der Waals surface area (Å²) in [5.41, 5.74) is 1.32. The van der Waals surface area contributed by atoms with E-state index in [-0.39, 0.29) is 0 Å². The summed E-state index contributed by atoms with van der Waals surface area (Å²) in [5, 5.41) is 3.88. The molecule has 0 rings (SSSR count). The Morgan fingerprint density at radius 2 is 1.45 bits per heavy atom. The van der Waals surface area contributed by atoms with Crippen LogP contribution in [0.4, 0.5) is 0 Å². The van der Waals surface area contributed by atoms with Crippen molar-refractivity contribution in [3.63, 3.8) is 0 Å². The van der Waals surface area contributed by atoms with E-state index in [1.54, 1.807) is 11.8 Å². The lowest BCUT2D eigenvalue weighted by Crippen LogP contribution is -1.53. The predicted molar refractivity (Wildman–Crippen MR) is 59.9 cm³/mol. The highest BCUT2D eigenvalue weighted by atomic mass is 32.2. The standard InChI is InChI=1S/C6H10S.2C2H6/c1-4-7-5-6(2)3;2*1-2/h4-5H,1H2,2-3H3;2*1-2H3. The minimum absolute atomic E-state index is 1.32. The Morgan fingerprint density at radius 3 is 1.55 bits per heavy atom. The van der Waals surface area contributed by atoms with Crippen molar-refractivity contribution < 1.29 is 0 Å². The first-order chi connectivity index (χ1) is 5.27. The third kappa shape index (κ3) is 41.1. The molecule has 0 bridgehead atoms.